The van der Waals surface area contributed by atoms with E-state index >= 15 is 0 Å². The molecule has 142 valence electrons. The molecule has 0 saturated heterocycles. The van der Waals surface area contributed by atoms with Crippen molar-refractivity contribution in [3.8, 4) is 0 Å². The number of benzene rings is 1. The molecule has 1 N–H and O–H groups in total. The molecule has 0 aliphatic carbocycles. The zero-order valence-corrected chi connectivity index (χ0v) is 16.2. The molecule has 0 fully saturated rings. The fourth-order valence-corrected chi connectivity index (χ4v) is 3.08. The van der Waals surface area contributed by atoms with E-state index in [1.165, 1.54) is 5.56 Å². The zero-order valence-electron chi connectivity index (χ0n) is 15.4. The van der Waals surface area contributed by atoms with Crippen molar-refractivity contribution in [2.45, 2.75) is 20.3 Å². The van der Waals surface area contributed by atoms with E-state index in [0.717, 1.165) is 30.6 Å². The molecule has 0 bridgehead atoms. The topological polar surface area (TPSA) is 88.1 Å². The van der Waals surface area contributed by atoms with Gasteiger partial charge in [-0.25, -0.2) is 13.2 Å². The highest BCUT2D eigenvalue weighted by molar-refractivity contribution is 7.90. The number of carbonyl (C=O) groups is 1. The number of hydrogen-bond donors (Lipinski definition) is 1. The summed E-state index contributed by atoms with van der Waals surface area (Å²) in [6.07, 6.45) is 5.14. The van der Waals surface area contributed by atoms with Crippen LogP contribution in [-0.2, 0) is 21.0 Å². The lowest BCUT2D eigenvalue weighted by molar-refractivity contribution is 0.168. The molecule has 0 spiro atoms. The minimum atomic E-state index is -3.16. The fourth-order valence-electron chi connectivity index (χ4n) is 2.70. The van der Waals surface area contributed by atoms with Gasteiger partial charge in [-0.1, -0.05) is 12.1 Å². The molecule has 8 heteroatoms. The molecule has 0 saturated carbocycles. The molecule has 26 heavy (non-hydrogen) atoms. The van der Waals surface area contributed by atoms with E-state index in [9.17, 15) is 13.2 Å². The average Bonchev–Trinajstić information content (AvgIpc) is 2.95. The van der Waals surface area contributed by atoms with Crippen LogP contribution in [0.5, 0.6) is 0 Å². The molecule has 0 radical (unpaired) electrons. The number of aliphatic imine (C=N–C) groups is 1. The minimum Gasteiger partial charge on any atom is -0.448 e. The molecule has 7 nitrogen and oxygen atoms in total. The van der Waals surface area contributed by atoms with Crippen LogP contribution in [0.3, 0.4) is 0 Å². The number of nitrogens with zero attached hydrogens (tertiary/aromatic N) is 2. The van der Waals surface area contributed by atoms with Crippen LogP contribution in [0, 0.1) is 0 Å². The Morgan fingerprint density at radius 1 is 1.38 bits per heavy atom. The molecule has 1 aliphatic heterocycles. The standard InChI is InChI=1S/C18H25N3O4S/c1-4-15(19-5-2)13-21-9-8-14-6-7-16(12-17(14)21)20-18(22)25-10-11-26(3,23)24/h4-7,12H,8-11,13H2,1-3H3,(H,20,22)/b15-4-,19-5?. The molecule has 1 aromatic rings. The Balaban J connectivity index is 2.01. The van der Waals surface area contributed by atoms with Gasteiger partial charge in [0.05, 0.1) is 18.0 Å². The Hall–Kier alpha value is -2.35. The van der Waals surface area contributed by atoms with Crippen molar-refractivity contribution in [2.24, 2.45) is 4.99 Å². The SMILES string of the molecule is CC=N/C(=C\C)CN1CCc2ccc(NC(=O)OCCS(C)(=O)=O)cc21. The lowest BCUT2D eigenvalue weighted by Crippen LogP contribution is -2.23. The van der Waals surface area contributed by atoms with E-state index in [2.05, 4.69) is 15.2 Å². The molecule has 1 amide bonds. The second-order valence-electron chi connectivity index (χ2n) is 6.07. The molecule has 0 atom stereocenters. The maximum absolute atomic E-state index is 11.8. The lowest BCUT2D eigenvalue weighted by Gasteiger charge is -2.20. The molecule has 1 heterocycles. The van der Waals surface area contributed by atoms with Crippen molar-refractivity contribution in [3.05, 3.63) is 35.5 Å². The quantitative estimate of drug-likeness (QED) is 0.736. The number of carbonyl (C=O) groups excluding carboxylic acids is 1. The second-order valence-corrected chi connectivity index (χ2v) is 8.33. The third-order valence-electron chi connectivity index (χ3n) is 3.99. The highest BCUT2D eigenvalue weighted by atomic mass is 32.2. The number of amides is 1. The number of sulfone groups is 1. The van der Waals surface area contributed by atoms with Crippen LogP contribution in [0.1, 0.15) is 19.4 Å². The second kappa shape index (κ2) is 8.84. The van der Waals surface area contributed by atoms with Gasteiger partial charge in [0.25, 0.3) is 0 Å². The first-order chi connectivity index (χ1) is 12.3. The number of fused-ring (bicyclic) bond motifs is 1. The van der Waals surface area contributed by atoms with Gasteiger partial charge in [-0.3, -0.25) is 10.3 Å². The van der Waals surface area contributed by atoms with Gasteiger partial charge < -0.3 is 9.64 Å². The van der Waals surface area contributed by atoms with Crippen LogP contribution in [0.2, 0.25) is 0 Å². The number of ether oxygens (including phenoxy) is 1. The van der Waals surface area contributed by atoms with Crippen molar-refractivity contribution >= 4 is 33.5 Å². The summed E-state index contributed by atoms with van der Waals surface area (Å²) >= 11 is 0. The maximum atomic E-state index is 11.8. The van der Waals surface area contributed by atoms with Crippen LogP contribution in [0.25, 0.3) is 0 Å². The average molecular weight is 379 g/mol. The predicted molar refractivity (Wildman–Crippen MR) is 105 cm³/mol. The van der Waals surface area contributed by atoms with Crippen molar-refractivity contribution in [1.29, 1.82) is 0 Å². The van der Waals surface area contributed by atoms with Crippen molar-refractivity contribution in [2.75, 3.05) is 41.9 Å². The van der Waals surface area contributed by atoms with Gasteiger partial charge in [0.2, 0.25) is 0 Å². The Morgan fingerprint density at radius 3 is 2.81 bits per heavy atom. The smallest absolute Gasteiger partial charge is 0.411 e. The Labute approximate surface area is 154 Å². The summed E-state index contributed by atoms with van der Waals surface area (Å²) in [5.74, 6) is -0.192. The molecule has 1 aliphatic rings. The van der Waals surface area contributed by atoms with Crippen molar-refractivity contribution in [3.63, 3.8) is 0 Å². The number of nitrogens with one attached hydrogen (secondary N) is 1. The van der Waals surface area contributed by atoms with Crippen molar-refractivity contribution in [1.82, 2.24) is 0 Å². The summed E-state index contributed by atoms with van der Waals surface area (Å²) in [4.78, 5) is 18.4. The van der Waals surface area contributed by atoms with Gasteiger partial charge in [0, 0.05) is 30.4 Å². The summed E-state index contributed by atoms with van der Waals surface area (Å²) in [5.41, 5.74) is 3.88. The van der Waals surface area contributed by atoms with E-state index in [4.69, 9.17) is 4.74 Å². The van der Waals surface area contributed by atoms with Crippen LogP contribution in [0.15, 0.2) is 35.0 Å². The first-order valence-corrected chi connectivity index (χ1v) is 10.5. The third kappa shape index (κ3) is 5.87. The Kier molecular flexibility index (Phi) is 6.79. The maximum Gasteiger partial charge on any atom is 0.411 e. The monoisotopic (exact) mass is 379 g/mol. The first-order valence-electron chi connectivity index (χ1n) is 8.45. The molecular formula is C18H25N3O4S. The van der Waals surface area contributed by atoms with Crippen LogP contribution in [-0.4, -0.2) is 52.4 Å². The van der Waals surface area contributed by atoms with Gasteiger partial charge in [-0.2, -0.15) is 0 Å². The summed E-state index contributed by atoms with van der Waals surface area (Å²) in [7, 11) is -3.16. The van der Waals surface area contributed by atoms with Gasteiger partial charge >= 0.3 is 6.09 Å². The summed E-state index contributed by atoms with van der Waals surface area (Å²) in [5, 5.41) is 2.64. The van der Waals surface area contributed by atoms with E-state index < -0.39 is 15.9 Å². The first kappa shape index (κ1) is 20.0. The number of allylic oxidation sites excluding steroid dienone is 1. The molecule has 0 unspecified atom stereocenters. The van der Waals surface area contributed by atoms with Gasteiger partial charge in [0.15, 0.2) is 9.84 Å². The fraction of sp³-hybridized carbons (Fsp3) is 0.444. The van der Waals surface area contributed by atoms with Gasteiger partial charge in [-0.05, 0) is 38.0 Å². The number of rotatable bonds is 7. The lowest BCUT2D eigenvalue weighted by atomic mass is 10.1. The predicted octanol–water partition coefficient (Wildman–Crippen LogP) is 2.64. The zero-order chi connectivity index (χ0) is 19.2. The highest BCUT2D eigenvalue weighted by Gasteiger charge is 2.20. The Bertz CT molecular complexity index is 816. The van der Waals surface area contributed by atoms with E-state index in [1.807, 2.05) is 38.1 Å². The van der Waals surface area contributed by atoms with E-state index in [0.29, 0.717) is 12.2 Å². The van der Waals surface area contributed by atoms with Gasteiger partial charge in [-0.15, -0.1) is 0 Å². The Morgan fingerprint density at radius 2 is 2.15 bits per heavy atom. The molecule has 1 aromatic carbocycles. The minimum absolute atomic E-state index is 0.165. The third-order valence-corrected chi connectivity index (χ3v) is 4.90. The van der Waals surface area contributed by atoms with Crippen LogP contribution < -0.4 is 10.2 Å². The highest BCUT2D eigenvalue weighted by Crippen LogP contribution is 2.31. The van der Waals surface area contributed by atoms with E-state index in [1.54, 1.807) is 6.21 Å². The summed E-state index contributed by atoms with van der Waals surface area (Å²) in [6.45, 7) is 5.29. The van der Waals surface area contributed by atoms with Gasteiger partial charge in [0.1, 0.15) is 6.61 Å². The largest absolute Gasteiger partial charge is 0.448 e. The summed E-state index contributed by atoms with van der Waals surface area (Å²) in [6, 6.07) is 5.71. The number of hydrogen-bond acceptors (Lipinski definition) is 6. The molecule has 0 aromatic heterocycles. The normalized spacial score (nSPS) is 14.6. The molecular weight excluding hydrogens is 354 g/mol. The van der Waals surface area contributed by atoms with Crippen molar-refractivity contribution < 1.29 is 17.9 Å². The van der Waals surface area contributed by atoms with E-state index in [-0.39, 0.29) is 12.4 Å². The van der Waals surface area contributed by atoms with Crippen LogP contribution in [0.4, 0.5) is 16.2 Å². The summed E-state index contributed by atoms with van der Waals surface area (Å²) < 4.78 is 27.0. The number of anilines is 2. The molecule has 2 rings (SSSR count). The van der Waals surface area contributed by atoms with Crippen LogP contribution >= 0.6 is 0 Å².